The summed E-state index contributed by atoms with van der Waals surface area (Å²) in [5, 5.41) is 4.60. The number of hydrogen-bond acceptors (Lipinski definition) is 2. The molecule has 1 aromatic heterocycles. The smallest absolute Gasteiger partial charge is 0.0645 e. The Labute approximate surface area is 121 Å². The zero-order valence-corrected chi connectivity index (χ0v) is 12.7. The summed E-state index contributed by atoms with van der Waals surface area (Å²) in [7, 11) is 2.01. The number of nitrogens with one attached hydrogen (secondary N) is 1. The summed E-state index contributed by atoms with van der Waals surface area (Å²) in [5.41, 5.74) is 2.78. The molecule has 1 heterocycles. The highest BCUT2D eigenvalue weighted by molar-refractivity contribution is 5.83. The van der Waals surface area contributed by atoms with Gasteiger partial charge in [0.25, 0.3) is 0 Å². The van der Waals surface area contributed by atoms with Gasteiger partial charge in [-0.25, -0.2) is 0 Å². The Kier molecular flexibility index (Phi) is 6.09. The van der Waals surface area contributed by atoms with E-state index in [-0.39, 0.29) is 0 Å². The number of nitrogens with zero attached hydrogens (tertiary/aromatic N) is 1. The summed E-state index contributed by atoms with van der Waals surface area (Å²) in [6.45, 7) is 5.80. The van der Waals surface area contributed by atoms with Crippen molar-refractivity contribution in [1.82, 2.24) is 9.88 Å². The SMILES string of the molecule is CCCOCCn1cc(CCCNC)c2ccccc21. The van der Waals surface area contributed by atoms with Gasteiger partial charge < -0.3 is 14.6 Å². The van der Waals surface area contributed by atoms with Crippen LogP contribution in [0.25, 0.3) is 10.9 Å². The fraction of sp³-hybridized carbons (Fsp3) is 0.529. The molecule has 0 unspecified atom stereocenters. The predicted octanol–water partition coefficient (Wildman–Crippen LogP) is 3.22. The minimum atomic E-state index is 0.794. The Morgan fingerprint density at radius 3 is 2.85 bits per heavy atom. The van der Waals surface area contributed by atoms with Gasteiger partial charge in [-0.15, -0.1) is 0 Å². The van der Waals surface area contributed by atoms with E-state index in [4.69, 9.17) is 4.74 Å². The minimum Gasteiger partial charge on any atom is -0.380 e. The van der Waals surface area contributed by atoms with Crippen LogP contribution in [0.4, 0.5) is 0 Å². The lowest BCUT2D eigenvalue weighted by Crippen LogP contribution is -2.08. The first-order chi connectivity index (χ1) is 9.86. The van der Waals surface area contributed by atoms with Crippen LogP contribution in [0.3, 0.4) is 0 Å². The minimum absolute atomic E-state index is 0.794. The van der Waals surface area contributed by atoms with Gasteiger partial charge >= 0.3 is 0 Å². The van der Waals surface area contributed by atoms with Crippen molar-refractivity contribution in [3.05, 3.63) is 36.0 Å². The van der Waals surface area contributed by atoms with Crippen LogP contribution < -0.4 is 5.32 Å². The number of hydrogen-bond donors (Lipinski definition) is 1. The quantitative estimate of drug-likeness (QED) is 0.711. The molecule has 0 atom stereocenters. The Balaban J connectivity index is 2.09. The van der Waals surface area contributed by atoms with E-state index in [2.05, 4.69) is 47.3 Å². The summed E-state index contributed by atoms with van der Waals surface area (Å²) in [6.07, 6.45) is 5.69. The van der Waals surface area contributed by atoms with Crippen LogP contribution in [0.15, 0.2) is 30.5 Å². The zero-order chi connectivity index (χ0) is 14.2. The molecule has 0 fully saturated rings. The van der Waals surface area contributed by atoms with Gasteiger partial charge in [0.15, 0.2) is 0 Å². The highest BCUT2D eigenvalue weighted by Gasteiger charge is 2.07. The molecule has 20 heavy (non-hydrogen) atoms. The predicted molar refractivity (Wildman–Crippen MR) is 85.3 cm³/mol. The molecular weight excluding hydrogens is 248 g/mol. The van der Waals surface area contributed by atoms with Gasteiger partial charge in [-0.2, -0.15) is 0 Å². The van der Waals surface area contributed by atoms with Crippen molar-refractivity contribution in [1.29, 1.82) is 0 Å². The van der Waals surface area contributed by atoms with Crippen LogP contribution in [-0.4, -0.2) is 31.4 Å². The number of ether oxygens (including phenoxy) is 1. The van der Waals surface area contributed by atoms with E-state index in [1.54, 1.807) is 0 Å². The maximum absolute atomic E-state index is 5.61. The third-order valence-corrected chi connectivity index (χ3v) is 3.57. The molecule has 0 aliphatic rings. The highest BCUT2D eigenvalue weighted by Crippen LogP contribution is 2.22. The van der Waals surface area contributed by atoms with Gasteiger partial charge in [-0.3, -0.25) is 0 Å². The molecule has 0 saturated heterocycles. The van der Waals surface area contributed by atoms with E-state index in [9.17, 15) is 0 Å². The number of aryl methyl sites for hydroxylation is 1. The molecule has 0 aliphatic heterocycles. The van der Waals surface area contributed by atoms with E-state index >= 15 is 0 Å². The molecule has 1 aromatic carbocycles. The lowest BCUT2D eigenvalue weighted by Gasteiger charge is -2.05. The van der Waals surface area contributed by atoms with Crippen molar-refractivity contribution < 1.29 is 4.74 Å². The van der Waals surface area contributed by atoms with E-state index in [0.29, 0.717) is 0 Å². The van der Waals surface area contributed by atoms with Gasteiger partial charge in [-0.1, -0.05) is 25.1 Å². The van der Waals surface area contributed by atoms with Crippen molar-refractivity contribution in [3.8, 4) is 0 Å². The van der Waals surface area contributed by atoms with Crippen LogP contribution in [0.2, 0.25) is 0 Å². The molecule has 0 radical (unpaired) electrons. The first kappa shape index (κ1) is 15.1. The van der Waals surface area contributed by atoms with Crippen molar-refractivity contribution in [2.75, 3.05) is 26.8 Å². The molecule has 0 aliphatic carbocycles. The van der Waals surface area contributed by atoms with Gasteiger partial charge in [-0.05, 0) is 44.5 Å². The first-order valence-electron chi connectivity index (χ1n) is 7.66. The fourth-order valence-corrected chi connectivity index (χ4v) is 2.57. The van der Waals surface area contributed by atoms with E-state index < -0.39 is 0 Å². The molecule has 0 spiro atoms. The van der Waals surface area contributed by atoms with Gasteiger partial charge in [0.2, 0.25) is 0 Å². The maximum atomic E-state index is 5.61. The second kappa shape index (κ2) is 8.08. The largest absolute Gasteiger partial charge is 0.380 e. The third kappa shape index (κ3) is 3.84. The lowest BCUT2D eigenvalue weighted by atomic mass is 10.1. The van der Waals surface area contributed by atoms with Crippen LogP contribution >= 0.6 is 0 Å². The van der Waals surface area contributed by atoms with Crippen LogP contribution in [0, 0.1) is 0 Å². The standard InChI is InChI=1S/C17H26N2O/c1-3-12-20-13-11-19-14-15(7-6-10-18-2)16-8-4-5-9-17(16)19/h4-5,8-9,14,18H,3,6-7,10-13H2,1-2H3. The van der Waals surface area contributed by atoms with E-state index in [1.807, 2.05) is 7.05 Å². The van der Waals surface area contributed by atoms with Gasteiger partial charge in [0, 0.05) is 30.3 Å². The summed E-state index contributed by atoms with van der Waals surface area (Å²) in [4.78, 5) is 0. The lowest BCUT2D eigenvalue weighted by molar-refractivity contribution is 0.127. The number of fused-ring (bicyclic) bond motifs is 1. The van der Waals surface area contributed by atoms with Gasteiger partial charge in [0.1, 0.15) is 0 Å². The highest BCUT2D eigenvalue weighted by atomic mass is 16.5. The first-order valence-corrected chi connectivity index (χ1v) is 7.66. The van der Waals surface area contributed by atoms with E-state index in [1.165, 1.54) is 22.9 Å². The molecule has 2 aromatic rings. The van der Waals surface area contributed by atoms with Crippen LogP contribution in [0.1, 0.15) is 25.3 Å². The molecule has 2 rings (SSSR count). The monoisotopic (exact) mass is 274 g/mol. The molecule has 0 saturated carbocycles. The summed E-state index contributed by atoms with van der Waals surface area (Å²) >= 11 is 0. The molecule has 0 bridgehead atoms. The third-order valence-electron chi connectivity index (χ3n) is 3.57. The second-order valence-corrected chi connectivity index (χ2v) is 5.18. The number of benzene rings is 1. The van der Waals surface area contributed by atoms with E-state index in [0.717, 1.165) is 39.1 Å². The number of aromatic nitrogens is 1. The Hall–Kier alpha value is -1.32. The van der Waals surface area contributed by atoms with Crippen molar-refractivity contribution >= 4 is 10.9 Å². The second-order valence-electron chi connectivity index (χ2n) is 5.18. The Bertz CT molecular complexity index is 519. The van der Waals surface area contributed by atoms with Crippen molar-refractivity contribution in [3.63, 3.8) is 0 Å². The molecule has 110 valence electrons. The Morgan fingerprint density at radius 2 is 2.05 bits per heavy atom. The van der Waals surface area contributed by atoms with Crippen molar-refractivity contribution in [2.45, 2.75) is 32.7 Å². The molecule has 3 heteroatoms. The molecule has 0 amide bonds. The topological polar surface area (TPSA) is 26.2 Å². The van der Waals surface area contributed by atoms with Gasteiger partial charge in [0.05, 0.1) is 6.61 Å². The molecular formula is C17H26N2O. The van der Waals surface area contributed by atoms with Crippen molar-refractivity contribution in [2.24, 2.45) is 0 Å². The maximum Gasteiger partial charge on any atom is 0.0645 e. The average Bonchev–Trinajstić information content (AvgIpc) is 2.83. The number of para-hydroxylation sites is 1. The van der Waals surface area contributed by atoms with Crippen LogP contribution in [0.5, 0.6) is 0 Å². The summed E-state index contributed by atoms with van der Waals surface area (Å²) < 4.78 is 7.95. The zero-order valence-electron chi connectivity index (χ0n) is 12.7. The Morgan fingerprint density at radius 1 is 1.20 bits per heavy atom. The molecule has 3 nitrogen and oxygen atoms in total. The fourth-order valence-electron chi connectivity index (χ4n) is 2.57. The number of rotatable bonds is 9. The summed E-state index contributed by atoms with van der Waals surface area (Å²) in [5.74, 6) is 0. The average molecular weight is 274 g/mol. The summed E-state index contributed by atoms with van der Waals surface area (Å²) in [6, 6.07) is 8.68. The molecule has 1 N–H and O–H groups in total. The normalized spacial score (nSPS) is 11.3. The van der Waals surface area contributed by atoms with Crippen LogP contribution in [-0.2, 0) is 17.7 Å².